The van der Waals surface area contributed by atoms with Crippen molar-refractivity contribution in [3.63, 3.8) is 0 Å². The number of nitrogens with zero attached hydrogens (tertiary/aromatic N) is 1. The van der Waals surface area contributed by atoms with E-state index in [9.17, 15) is 13.9 Å². The molecule has 0 saturated carbocycles. The maximum absolute atomic E-state index is 13.5. The summed E-state index contributed by atoms with van der Waals surface area (Å²) in [5.74, 6) is -1.10. The van der Waals surface area contributed by atoms with Crippen LogP contribution in [0.4, 0.5) is 8.78 Å². The molecule has 1 fully saturated rings. The Bertz CT molecular complexity index is 445. The fourth-order valence-corrected chi connectivity index (χ4v) is 2.70. The smallest absolute Gasteiger partial charge is 0.129 e. The van der Waals surface area contributed by atoms with Crippen LogP contribution >= 0.6 is 0 Å². The Morgan fingerprint density at radius 2 is 1.95 bits per heavy atom. The molecule has 1 saturated heterocycles. The normalized spacial score (nSPS) is 25.6. The summed E-state index contributed by atoms with van der Waals surface area (Å²) in [6, 6.07) is 3.16. The second kappa shape index (κ2) is 6.61. The van der Waals surface area contributed by atoms with Crippen LogP contribution in [0.2, 0.25) is 0 Å². The molecule has 20 heavy (non-hydrogen) atoms. The number of benzene rings is 1. The van der Waals surface area contributed by atoms with E-state index in [4.69, 9.17) is 4.74 Å². The summed E-state index contributed by atoms with van der Waals surface area (Å²) >= 11 is 0. The molecule has 0 aromatic heterocycles. The summed E-state index contributed by atoms with van der Waals surface area (Å²) in [6.45, 7) is 6.23. The van der Waals surface area contributed by atoms with Crippen LogP contribution in [0.25, 0.3) is 0 Å². The van der Waals surface area contributed by atoms with E-state index in [1.165, 1.54) is 0 Å². The molecule has 1 N–H and O–H groups in total. The monoisotopic (exact) mass is 285 g/mol. The molecule has 0 aliphatic carbocycles. The zero-order valence-electron chi connectivity index (χ0n) is 11.9. The van der Waals surface area contributed by atoms with Crippen LogP contribution in [0.5, 0.6) is 0 Å². The van der Waals surface area contributed by atoms with E-state index in [-0.39, 0.29) is 17.8 Å². The molecular weight excluding hydrogens is 264 g/mol. The van der Waals surface area contributed by atoms with Crippen molar-refractivity contribution in [3.8, 4) is 0 Å². The van der Waals surface area contributed by atoms with Gasteiger partial charge < -0.3 is 9.84 Å². The van der Waals surface area contributed by atoms with Gasteiger partial charge in [-0.25, -0.2) is 8.78 Å². The van der Waals surface area contributed by atoms with Crippen LogP contribution < -0.4 is 0 Å². The Morgan fingerprint density at radius 1 is 1.30 bits per heavy atom. The summed E-state index contributed by atoms with van der Waals surface area (Å²) in [4.78, 5) is 2.18. The minimum Gasteiger partial charge on any atom is -0.388 e. The quantitative estimate of drug-likeness (QED) is 0.922. The lowest BCUT2D eigenvalue weighted by Gasteiger charge is -2.35. The average molecular weight is 285 g/mol. The molecule has 2 rings (SSSR count). The molecule has 0 spiro atoms. The first-order valence-electron chi connectivity index (χ1n) is 6.96. The molecule has 3 unspecified atom stereocenters. The SMILES string of the molecule is CC1CN(CCC(O)c2cc(F)ccc2F)CC(C)O1. The molecule has 0 bridgehead atoms. The van der Waals surface area contributed by atoms with Crippen molar-refractivity contribution in [1.82, 2.24) is 4.90 Å². The van der Waals surface area contributed by atoms with Crippen LogP contribution in [0.3, 0.4) is 0 Å². The van der Waals surface area contributed by atoms with Crippen molar-refractivity contribution >= 4 is 0 Å². The largest absolute Gasteiger partial charge is 0.388 e. The third-order valence-corrected chi connectivity index (χ3v) is 3.53. The van der Waals surface area contributed by atoms with Crippen molar-refractivity contribution in [1.29, 1.82) is 0 Å². The molecule has 3 atom stereocenters. The first-order valence-corrected chi connectivity index (χ1v) is 6.96. The molecule has 1 aliphatic heterocycles. The third-order valence-electron chi connectivity index (χ3n) is 3.53. The van der Waals surface area contributed by atoms with Gasteiger partial charge in [0.1, 0.15) is 11.6 Å². The molecule has 0 radical (unpaired) electrons. The first kappa shape index (κ1) is 15.4. The number of aliphatic hydroxyl groups excluding tert-OH is 1. The highest BCUT2D eigenvalue weighted by Crippen LogP contribution is 2.22. The van der Waals surface area contributed by atoms with Crippen molar-refractivity contribution in [3.05, 3.63) is 35.4 Å². The molecular formula is C15H21F2NO2. The van der Waals surface area contributed by atoms with E-state index in [1.807, 2.05) is 13.8 Å². The number of hydrogen-bond acceptors (Lipinski definition) is 3. The van der Waals surface area contributed by atoms with E-state index < -0.39 is 17.7 Å². The number of rotatable bonds is 4. The number of ether oxygens (including phenoxy) is 1. The maximum Gasteiger partial charge on any atom is 0.129 e. The van der Waals surface area contributed by atoms with Crippen LogP contribution in [-0.4, -0.2) is 41.8 Å². The van der Waals surface area contributed by atoms with Gasteiger partial charge in [-0.1, -0.05) is 0 Å². The second-order valence-corrected chi connectivity index (χ2v) is 5.49. The van der Waals surface area contributed by atoms with E-state index in [1.54, 1.807) is 0 Å². The van der Waals surface area contributed by atoms with Crippen molar-refractivity contribution in [2.75, 3.05) is 19.6 Å². The Hall–Kier alpha value is -1.04. The fourth-order valence-electron chi connectivity index (χ4n) is 2.70. The van der Waals surface area contributed by atoms with Gasteiger partial charge in [-0.05, 0) is 38.5 Å². The van der Waals surface area contributed by atoms with Crippen LogP contribution in [0.1, 0.15) is 31.9 Å². The highest BCUT2D eigenvalue weighted by atomic mass is 19.1. The lowest BCUT2D eigenvalue weighted by Crippen LogP contribution is -2.45. The van der Waals surface area contributed by atoms with Gasteiger partial charge in [-0.2, -0.15) is 0 Å². The maximum atomic E-state index is 13.5. The Morgan fingerprint density at radius 3 is 2.60 bits per heavy atom. The standard InChI is InChI=1S/C15H21F2NO2/c1-10-8-18(9-11(2)20-10)6-5-15(19)13-7-12(16)3-4-14(13)17/h3-4,7,10-11,15,19H,5-6,8-9H2,1-2H3. The van der Waals surface area contributed by atoms with Gasteiger partial charge in [0.2, 0.25) is 0 Å². The molecule has 0 amide bonds. The Balaban J connectivity index is 1.91. The predicted octanol–water partition coefficient (Wildman–Crippen LogP) is 2.50. The lowest BCUT2D eigenvalue weighted by atomic mass is 10.0. The summed E-state index contributed by atoms with van der Waals surface area (Å²) in [6.07, 6.45) is -0.303. The van der Waals surface area contributed by atoms with Gasteiger partial charge in [-0.15, -0.1) is 0 Å². The molecule has 3 nitrogen and oxygen atoms in total. The van der Waals surface area contributed by atoms with Crippen LogP contribution in [0, 0.1) is 11.6 Å². The van der Waals surface area contributed by atoms with Crippen LogP contribution in [-0.2, 0) is 4.74 Å². The van der Waals surface area contributed by atoms with E-state index >= 15 is 0 Å². The first-order chi connectivity index (χ1) is 9.45. The lowest BCUT2D eigenvalue weighted by molar-refractivity contribution is -0.0703. The minimum absolute atomic E-state index is 0.0272. The summed E-state index contributed by atoms with van der Waals surface area (Å²) in [5, 5.41) is 10.0. The molecule has 1 heterocycles. The number of aliphatic hydroxyl groups is 1. The van der Waals surface area contributed by atoms with E-state index in [0.29, 0.717) is 13.0 Å². The average Bonchev–Trinajstić information content (AvgIpc) is 2.38. The molecule has 5 heteroatoms. The summed E-state index contributed by atoms with van der Waals surface area (Å²) in [5.41, 5.74) is 0.0272. The topological polar surface area (TPSA) is 32.7 Å². The fraction of sp³-hybridized carbons (Fsp3) is 0.600. The van der Waals surface area contributed by atoms with Gasteiger partial charge >= 0.3 is 0 Å². The van der Waals surface area contributed by atoms with Gasteiger partial charge in [0, 0.05) is 25.2 Å². The summed E-state index contributed by atoms with van der Waals surface area (Å²) in [7, 11) is 0. The van der Waals surface area contributed by atoms with Gasteiger partial charge in [0.15, 0.2) is 0 Å². The van der Waals surface area contributed by atoms with Gasteiger partial charge in [-0.3, -0.25) is 4.90 Å². The van der Waals surface area contributed by atoms with Crippen molar-refractivity contribution < 1.29 is 18.6 Å². The highest BCUT2D eigenvalue weighted by Gasteiger charge is 2.23. The number of halogens is 2. The van der Waals surface area contributed by atoms with Gasteiger partial charge in [0.25, 0.3) is 0 Å². The van der Waals surface area contributed by atoms with Gasteiger partial charge in [0.05, 0.1) is 18.3 Å². The predicted molar refractivity (Wildman–Crippen MR) is 72.4 cm³/mol. The molecule has 112 valence electrons. The Labute approximate surface area is 118 Å². The zero-order valence-corrected chi connectivity index (χ0v) is 11.9. The third kappa shape index (κ3) is 3.98. The molecule has 1 aliphatic rings. The van der Waals surface area contributed by atoms with E-state index in [2.05, 4.69) is 4.90 Å². The van der Waals surface area contributed by atoms with E-state index in [0.717, 1.165) is 31.3 Å². The van der Waals surface area contributed by atoms with Crippen LogP contribution in [0.15, 0.2) is 18.2 Å². The van der Waals surface area contributed by atoms with Crippen molar-refractivity contribution in [2.45, 2.75) is 38.6 Å². The highest BCUT2D eigenvalue weighted by molar-refractivity contribution is 5.21. The zero-order chi connectivity index (χ0) is 14.7. The second-order valence-electron chi connectivity index (χ2n) is 5.49. The minimum atomic E-state index is -0.987. The summed E-state index contributed by atoms with van der Waals surface area (Å²) < 4.78 is 32.3. The molecule has 1 aromatic carbocycles. The molecule has 1 aromatic rings. The van der Waals surface area contributed by atoms with Crippen molar-refractivity contribution in [2.24, 2.45) is 0 Å². The number of morpholine rings is 1. The number of hydrogen-bond donors (Lipinski definition) is 1. The Kier molecular flexibility index (Phi) is 5.07.